The SMILES string of the molecule is CCc1c(O)c2c(c3c1CCO3)CC(OC)Oc1c(ccc3c1CCO3)CO2. The molecule has 6 heteroatoms. The zero-order chi connectivity index (χ0) is 19.3. The van der Waals surface area contributed by atoms with Crippen LogP contribution in [0.5, 0.6) is 28.7 Å². The Morgan fingerprint density at radius 3 is 2.64 bits per heavy atom. The maximum absolute atomic E-state index is 11.0. The molecule has 0 aliphatic carbocycles. The molecule has 0 bridgehead atoms. The Labute approximate surface area is 163 Å². The van der Waals surface area contributed by atoms with Gasteiger partial charge in [0.15, 0.2) is 11.5 Å². The van der Waals surface area contributed by atoms with Crippen molar-refractivity contribution in [3.8, 4) is 28.7 Å². The molecule has 0 spiro atoms. The predicted molar refractivity (Wildman–Crippen MR) is 102 cm³/mol. The first-order valence-corrected chi connectivity index (χ1v) is 9.83. The Kier molecular flexibility index (Phi) is 4.23. The van der Waals surface area contributed by atoms with Crippen LogP contribution in [0.1, 0.15) is 34.7 Å². The van der Waals surface area contributed by atoms with Gasteiger partial charge in [-0.25, -0.2) is 0 Å². The van der Waals surface area contributed by atoms with Gasteiger partial charge in [0.05, 0.1) is 13.2 Å². The average molecular weight is 384 g/mol. The third kappa shape index (κ3) is 2.58. The lowest BCUT2D eigenvalue weighted by Crippen LogP contribution is -2.23. The minimum atomic E-state index is -0.522. The Balaban J connectivity index is 1.65. The number of rotatable bonds is 2. The van der Waals surface area contributed by atoms with Gasteiger partial charge < -0.3 is 28.8 Å². The first kappa shape index (κ1) is 17.5. The zero-order valence-corrected chi connectivity index (χ0v) is 16.2. The Morgan fingerprint density at radius 1 is 1.00 bits per heavy atom. The van der Waals surface area contributed by atoms with Crippen molar-refractivity contribution in [1.82, 2.24) is 0 Å². The van der Waals surface area contributed by atoms with E-state index in [0.717, 1.165) is 64.3 Å². The van der Waals surface area contributed by atoms with Crippen LogP contribution in [0.25, 0.3) is 0 Å². The third-order valence-corrected chi connectivity index (χ3v) is 5.80. The second-order valence-corrected chi connectivity index (χ2v) is 7.30. The normalized spacial score (nSPS) is 19.4. The van der Waals surface area contributed by atoms with Crippen LogP contribution in [0.15, 0.2) is 12.1 Å². The molecule has 28 heavy (non-hydrogen) atoms. The molecule has 2 aromatic carbocycles. The van der Waals surface area contributed by atoms with Crippen molar-refractivity contribution in [2.75, 3.05) is 20.3 Å². The fourth-order valence-corrected chi connectivity index (χ4v) is 4.44. The van der Waals surface area contributed by atoms with Crippen LogP contribution in [0.2, 0.25) is 0 Å². The van der Waals surface area contributed by atoms with E-state index in [9.17, 15) is 5.11 Å². The molecule has 0 saturated carbocycles. The summed E-state index contributed by atoms with van der Waals surface area (Å²) in [6.45, 7) is 3.59. The maximum Gasteiger partial charge on any atom is 0.203 e. The van der Waals surface area contributed by atoms with Gasteiger partial charge in [-0.3, -0.25) is 0 Å². The lowest BCUT2D eigenvalue weighted by atomic mass is 9.95. The van der Waals surface area contributed by atoms with Gasteiger partial charge in [0.1, 0.15) is 23.9 Å². The molecule has 0 fully saturated rings. The molecule has 1 unspecified atom stereocenters. The number of hydrogen-bond donors (Lipinski definition) is 1. The molecule has 0 radical (unpaired) electrons. The van der Waals surface area contributed by atoms with Gasteiger partial charge in [-0.05, 0) is 18.6 Å². The van der Waals surface area contributed by atoms with Gasteiger partial charge in [0, 0.05) is 54.2 Å². The van der Waals surface area contributed by atoms with Crippen LogP contribution < -0.4 is 18.9 Å². The summed E-state index contributed by atoms with van der Waals surface area (Å²) in [7, 11) is 1.63. The van der Waals surface area contributed by atoms with Crippen LogP contribution in [0.4, 0.5) is 0 Å². The van der Waals surface area contributed by atoms with Crippen LogP contribution in [-0.2, 0) is 37.0 Å². The molecule has 6 nitrogen and oxygen atoms in total. The lowest BCUT2D eigenvalue weighted by Gasteiger charge is -2.21. The van der Waals surface area contributed by atoms with Crippen LogP contribution in [-0.4, -0.2) is 31.7 Å². The van der Waals surface area contributed by atoms with Gasteiger partial charge in [-0.15, -0.1) is 0 Å². The molecule has 3 aliphatic heterocycles. The second-order valence-electron chi connectivity index (χ2n) is 7.30. The van der Waals surface area contributed by atoms with E-state index in [-0.39, 0.29) is 5.75 Å². The summed E-state index contributed by atoms with van der Waals surface area (Å²) >= 11 is 0. The van der Waals surface area contributed by atoms with Crippen molar-refractivity contribution in [3.05, 3.63) is 39.9 Å². The zero-order valence-electron chi connectivity index (χ0n) is 16.2. The van der Waals surface area contributed by atoms with Crippen LogP contribution in [0, 0.1) is 0 Å². The van der Waals surface area contributed by atoms with E-state index in [2.05, 4.69) is 0 Å². The Morgan fingerprint density at radius 2 is 1.82 bits per heavy atom. The molecule has 148 valence electrons. The van der Waals surface area contributed by atoms with Crippen molar-refractivity contribution in [1.29, 1.82) is 0 Å². The number of methoxy groups -OCH3 is 1. The minimum absolute atomic E-state index is 0.213. The van der Waals surface area contributed by atoms with E-state index >= 15 is 0 Å². The summed E-state index contributed by atoms with van der Waals surface area (Å²) in [4.78, 5) is 0. The Bertz CT molecular complexity index is 936. The molecule has 5 rings (SSSR count). The highest BCUT2D eigenvalue weighted by molar-refractivity contribution is 5.64. The minimum Gasteiger partial charge on any atom is -0.504 e. The molecule has 1 atom stereocenters. The second kappa shape index (κ2) is 6.78. The summed E-state index contributed by atoms with van der Waals surface area (Å²) in [5.74, 6) is 3.13. The average Bonchev–Trinajstić information content (AvgIpc) is 3.37. The van der Waals surface area contributed by atoms with Gasteiger partial charge in [-0.2, -0.15) is 0 Å². The molecule has 3 heterocycles. The molecule has 0 aromatic heterocycles. The fraction of sp³-hybridized carbons (Fsp3) is 0.455. The molecule has 0 saturated heterocycles. The number of phenolic OH excluding ortho intramolecular Hbond substituents is 1. The maximum atomic E-state index is 11.0. The largest absolute Gasteiger partial charge is 0.504 e. The summed E-state index contributed by atoms with van der Waals surface area (Å²) < 4.78 is 29.8. The number of benzene rings is 2. The van der Waals surface area contributed by atoms with Gasteiger partial charge in [0.2, 0.25) is 6.29 Å². The number of phenols is 1. The van der Waals surface area contributed by atoms with Crippen molar-refractivity contribution >= 4 is 0 Å². The number of hydrogen-bond acceptors (Lipinski definition) is 6. The van der Waals surface area contributed by atoms with Crippen LogP contribution in [0.3, 0.4) is 0 Å². The fourth-order valence-electron chi connectivity index (χ4n) is 4.44. The van der Waals surface area contributed by atoms with E-state index < -0.39 is 6.29 Å². The molecule has 3 aliphatic rings. The highest BCUT2D eigenvalue weighted by Crippen LogP contribution is 2.48. The predicted octanol–water partition coefficient (Wildman–Crippen LogP) is 3.31. The van der Waals surface area contributed by atoms with Crippen molar-refractivity contribution < 1.29 is 28.8 Å². The molecule has 0 amide bonds. The van der Waals surface area contributed by atoms with E-state index in [4.69, 9.17) is 23.7 Å². The summed E-state index contributed by atoms with van der Waals surface area (Å²) in [5.41, 5.74) is 4.76. The monoisotopic (exact) mass is 384 g/mol. The van der Waals surface area contributed by atoms with Gasteiger partial charge in [-0.1, -0.05) is 6.92 Å². The van der Waals surface area contributed by atoms with Crippen molar-refractivity contribution in [2.24, 2.45) is 0 Å². The van der Waals surface area contributed by atoms with E-state index in [1.54, 1.807) is 7.11 Å². The first-order valence-electron chi connectivity index (χ1n) is 9.83. The van der Waals surface area contributed by atoms with Crippen LogP contribution >= 0.6 is 0 Å². The van der Waals surface area contributed by atoms with Gasteiger partial charge in [0.25, 0.3) is 0 Å². The van der Waals surface area contributed by atoms with E-state index in [1.807, 2.05) is 19.1 Å². The highest BCUT2D eigenvalue weighted by Gasteiger charge is 2.32. The van der Waals surface area contributed by atoms with Gasteiger partial charge >= 0.3 is 0 Å². The smallest absolute Gasteiger partial charge is 0.203 e. The summed E-state index contributed by atoms with van der Waals surface area (Å²) in [6.07, 6.45) is 2.22. The topological polar surface area (TPSA) is 66.4 Å². The molecular weight excluding hydrogens is 360 g/mol. The molecular formula is C22H24O6. The standard InChI is InChI=1S/C22H24O6/c1-3-13-14-6-9-26-21(14)16-10-18(24-2)28-20-12(11-27-22(16)19(13)23)4-5-17-15(20)7-8-25-17/h4-5,18,23H,3,6-11H2,1-2H3. The van der Waals surface area contributed by atoms with E-state index in [1.165, 1.54) is 0 Å². The number of aromatic hydroxyl groups is 1. The summed E-state index contributed by atoms with van der Waals surface area (Å²) in [6, 6.07) is 3.91. The molecule has 1 N–H and O–H groups in total. The van der Waals surface area contributed by atoms with E-state index in [0.29, 0.717) is 32.0 Å². The molecule has 2 aromatic rings. The highest BCUT2D eigenvalue weighted by atomic mass is 16.7. The lowest BCUT2D eigenvalue weighted by molar-refractivity contribution is -0.0529. The number of fused-ring (bicyclic) bond motifs is 6. The third-order valence-electron chi connectivity index (χ3n) is 5.80. The van der Waals surface area contributed by atoms with Crippen molar-refractivity contribution in [2.45, 2.75) is 45.5 Å². The first-order chi connectivity index (χ1) is 13.7. The van der Waals surface area contributed by atoms with Crippen molar-refractivity contribution in [3.63, 3.8) is 0 Å². The quantitative estimate of drug-likeness (QED) is 0.857. The summed E-state index contributed by atoms with van der Waals surface area (Å²) in [5, 5.41) is 11.0. The number of ether oxygens (including phenoxy) is 5. The Hall–Kier alpha value is -2.60.